The zero-order valence-corrected chi connectivity index (χ0v) is 17.4. The number of hydrogen-bond donors (Lipinski definition) is 3. The van der Waals surface area contributed by atoms with E-state index in [2.05, 4.69) is 40.5 Å². The number of likely N-dealkylation sites (tertiary alicyclic amines) is 1. The SMILES string of the molecule is Cl.Cl.N[C@H]1CC[C@H](C(=O)NC2CCN(CCc3ccccc3)CC2)C[C@@H]1O. The first-order valence-corrected chi connectivity index (χ1v) is 9.62. The first-order valence-electron chi connectivity index (χ1n) is 9.62. The van der Waals surface area contributed by atoms with Crippen molar-refractivity contribution in [1.82, 2.24) is 10.2 Å². The minimum Gasteiger partial charge on any atom is -0.391 e. The largest absolute Gasteiger partial charge is 0.391 e. The number of nitrogens with zero attached hydrogens (tertiary/aromatic N) is 1. The number of aliphatic hydroxyl groups excluding tert-OH is 1. The Balaban J connectivity index is 0.00000182. The summed E-state index contributed by atoms with van der Waals surface area (Å²) in [5.41, 5.74) is 7.20. The minimum atomic E-state index is -0.538. The highest BCUT2D eigenvalue weighted by atomic mass is 35.5. The summed E-state index contributed by atoms with van der Waals surface area (Å²) >= 11 is 0. The van der Waals surface area contributed by atoms with Gasteiger partial charge in [0.25, 0.3) is 0 Å². The molecular formula is C20H33Cl2N3O2. The molecular weight excluding hydrogens is 385 g/mol. The van der Waals surface area contributed by atoms with Gasteiger partial charge in [-0.2, -0.15) is 0 Å². The highest BCUT2D eigenvalue weighted by Crippen LogP contribution is 2.24. The van der Waals surface area contributed by atoms with E-state index < -0.39 is 6.10 Å². The molecule has 5 nitrogen and oxygen atoms in total. The lowest BCUT2D eigenvalue weighted by Crippen LogP contribution is -2.49. The average Bonchev–Trinajstić information content (AvgIpc) is 2.64. The Kier molecular flexibility index (Phi) is 10.6. The van der Waals surface area contributed by atoms with Crippen LogP contribution >= 0.6 is 24.8 Å². The third-order valence-corrected chi connectivity index (χ3v) is 5.73. The van der Waals surface area contributed by atoms with Gasteiger partial charge in [0.1, 0.15) is 0 Å². The van der Waals surface area contributed by atoms with Gasteiger partial charge in [-0.3, -0.25) is 4.79 Å². The zero-order valence-electron chi connectivity index (χ0n) is 15.8. The highest BCUT2D eigenvalue weighted by Gasteiger charge is 2.32. The normalized spacial score (nSPS) is 26.5. The van der Waals surface area contributed by atoms with Crippen LogP contribution in [-0.4, -0.2) is 53.7 Å². The summed E-state index contributed by atoms with van der Waals surface area (Å²) in [6.45, 7) is 3.16. The number of carbonyl (C=O) groups excluding carboxylic acids is 1. The first kappa shape index (κ1) is 24.2. The third kappa shape index (κ3) is 7.24. The lowest BCUT2D eigenvalue weighted by Gasteiger charge is -2.34. The van der Waals surface area contributed by atoms with Gasteiger partial charge in [0.2, 0.25) is 5.91 Å². The molecule has 2 fully saturated rings. The molecule has 3 rings (SSSR count). The molecule has 0 bridgehead atoms. The summed E-state index contributed by atoms with van der Waals surface area (Å²) < 4.78 is 0. The number of nitrogens with two attached hydrogens (primary N) is 1. The van der Waals surface area contributed by atoms with E-state index in [0.29, 0.717) is 6.42 Å². The summed E-state index contributed by atoms with van der Waals surface area (Å²) in [6, 6.07) is 10.7. The maximum absolute atomic E-state index is 12.4. The molecule has 0 radical (unpaired) electrons. The van der Waals surface area contributed by atoms with Gasteiger partial charge in [-0.25, -0.2) is 0 Å². The van der Waals surface area contributed by atoms with Crippen molar-refractivity contribution in [2.24, 2.45) is 11.7 Å². The molecule has 154 valence electrons. The molecule has 1 amide bonds. The van der Waals surface area contributed by atoms with Gasteiger partial charge >= 0.3 is 0 Å². The quantitative estimate of drug-likeness (QED) is 0.685. The number of nitrogens with one attached hydrogen (secondary N) is 1. The lowest BCUT2D eigenvalue weighted by molar-refractivity contribution is -0.128. The van der Waals surface area contributed by atoms with Crippen molar-refractivity contribution in [3.63, 3.8) is 0 Å². The van der Waals surface area contributed by atoms with Gasteiger partial charge in [0.05, 0.1) is 6.10 Å². The van der Waals surface area contributed by atoms with Crippen LogP contribution in [0.2, 0.25) is 0 Å². The molecule has 0 spiro atoms. The fourth-order valence-corrected chi connectivity index (χ4v) is 3.96. The van der Waals surface area contributed by atoms with Crippen LogP contribution in [0.15, 0.2) is 30.3 Å². The maximum Gasteiger partial charge on any atom is 0.223 e. The first-order chi connectivity index (χ1) is 12.1. The third-order valence-electron chi connectivity index (χ3n) is 5.73. The highest BCUT2D eigenvalue weighted by molar-refractivity contribution is 5.85. The number of benzene rings is 1. The second-order valence-electron chi connectivity index (χ2n) is 7.60. The Labute approximate surface area is 174 Å². The van der Waals surface area contributed by atoms with Crippen LogP contribution in [0.5, 0.6) is 0 Å². The fraction of sp³-hybridized carbons (Fsp3) is 0.650. The Hall–Kier alpha value is -0.850. The molecule has 1 aliphatic heterocycles. The number of carbonyl (C=O) groups is 1. The summed E-state index contributed by atoms with van der Waals surface area (Å²) in [5, 5.41) is 13.1. The minimum absolute atomic E-state index is 0. The second-order valence-corrected chi connectivity index (χ2v) is 7.60. The van der Waals surface area contributed by atoms with Crippen molar-refractivity contribution in [3.05, 3.63) is 35.9 Å². The maximum atomic E-state index is 12.4. The van der Waals surface area contributed by atoms with Crippen LogP contribution in [0.1, 0.15) is 37.7 Å². The topological polar surface area (TPSA) is 78.6 Å². The van der Waals surface area contributed by atoms with Crippen LogP contribution < -0.4 is 11.1 Å². The molecule has 27 heavy (non-hydrogen) atoms. The molecule has 0 unspecified atom stereocenters. The van der Waals surface area contributed by atoms with Gasteiger partial charge in [-0.1, -0.05) is 30.3 Å². The Morgan fingerprint density at radius 2 is 1.78 bits per heavy atom. The number of aliphatic hydroxyl groups is 1. The second kappa shape index (κ2) is 11.9. The number of hydrogen-bond acceptors (Lipinski definition) is 4. The van der Waals surface area contributed by atoms with E-state index in [-0.39, 0.29) is 48.7 Å². The standard InChI is InChI=1S/C20H31N3O2.2ClH/c21-18-7-6-16(14-19(18)24)20(25)22-17-9-12-23(13-10-17)11-8-15-4-2-1-3-5-15;;/h1-5,16-19,24H,6-14,21H2,(H,22,25);2*1H/t16-,18-,19-;;/m0../s1. The molecule has 1 aliphatic carbocycles. The Bertz CT molecular complexity index is 553. The van der Waals surface area contributed by atoms with Crippen molar-refractivity contribution in [2.75, 3.05) is 19.6 Å². The molecule has 7 heteroatoms. The summed E-state index contributed by atoms with van der Waals surface area (Å²) in [5.74, 6) is 0.0274. The Morgan fingerprint density at radius 3 is 2.41 bits per heavy atom. The van der Waals surface area contributed by atoms with E-state index in [4.69, 9.17) is 5.73 Å². The molecule has 1 heterocycles. The van der Waals surface area contributed by atoms with Crippen molar-refractivity contribution >= 4 is 30.7 Å². The lowest BCUT2D eigenvalue weighted by atomic mass is 9.83. The molecule has 1 saturated carbocycles. The monoisotopic (exact) mass is 417 g/mol. The molecule has 1 aromatic rings. The van der Waals surface area contributed by atoms with E-state index in [1.165, 1.54) is 5.56 Å². The predicted octanol–water partition coefficient (Wildman–Crippen LogP) is 2.14. The van der Waals surface area contributed by atoms with Gasteiger partial charge in [-0.05, 0) is 44.1 Å². The average molecular weight is 418 g/mol. The fourth-order valence-electron chi connectivity index (χ4n) is 3.96. The number of piperidine rings is 1. The van der Waals surface area contributed by atoms with Crippen molar-refractivity contribution in [1.29, 1.82) is 0 Å². The van der Waals surface area contributed by atoms with E-state index >= 15 is 0 Å². The zero-order chi connectivity index (χ0) is 17.6. The van der Waals surface area contributed by atoms with E-state index in [1.54, 1.807) is 0 Å². The van der Waals surface area contributed by atoms with Gasteiger partial charge < -0.3 is 21.1 Å². The van der Waals surface area contributed by atoms with Gasteiger partial charge in [-0.15, -0.1) is 24.8 Å². The van der Waals surface area contributed by atoms with Crippen molar-refractivity contribution in [3.8, 4) is 0 Å². The smallest absolute Gasteiger partial charge is 0.223 e. The number of amides is 1. The van der Waals surface area contributed by atoms with Gasteiger partial charge in [0.15, 0.2) is 0 Å². The van der Waals surface area contributed by atoms with Crippen LogP contribution in [-0.2, 0) is 11.2 Å². The van der Waals surface area contributed by atoms with Crippen LogP contribution in [0.25, 0.3) is 0 Å². The van der Waals surface area contributed by atoms with Crippen LogP contribution in [0.3, 0.4) is 0 Å². The number of rotatable bonds is 5. The van der Waals surface area contributed by atoms with Crippen LogP contribution in [0, 0.1) is 5.92 Å². The Morgan fingerprint density at radius 1 is 1.11 bits per heavy atom. The molecule has 3 atom stereocenters. The van der Waals surface area contributed by atoms with Gasteiger partial charge in [0, 0.05) is 37.6 Å². The van der Waals surface area contributed by atoms with E-state index in [1.807, 2.05) is 0 Å². The summed E-state index contributed by atoms with van der Waals surface area (Å²) in [7, 11) is 0. The predicted molar refractivity (Wildman–Crippen MR) is 114 cm³/mol. The van der Waals surface area contributed by atoms with Crippen molar-refractivity contribution in [2.45, 2.75) is 56.7 Å². The molecule has 2 aliphatic rings. The molecule has 4 N–H and O–H groups in total. The molecule has 1 aromatic carbocycles. The van der Waals surface area contributed by atoms with E-state index in [0.717, 1.165) is 51.7 Å². The van der Waals surface area contributed by atoms with Crippen molar-refractivity contribution < 1.29 is 9.90 Å². The van der Waals surface area contributed by atoms with E-state index in [9.17, 15) is 9.90 Å². The molecule has 0 aromatic heterocycles. The molecule has 1 saturated heterocycles. The summed E-state index contributed by atoms with van der Waals surface area (Å²) in [6.07, 6.45) is 4.59. The summed E-state index contributed by atoms with van der Waals surface area (Å²) in [4.78, 5) is 14.9. The number of halogens is 2. The van der Waals surface area contributed by atoms with Crippen LogP contribution in [0.4, 0.5) is 0 Å².